The Bertz CT molecular complexity index is 5670. The van der Waals surface area contributed by atoms with Gasteiger partial charge >= 0.3 is 36.2 Å². The van der Waals surface area contributed by atoms with Crippen molar-refractivity contribution in [3.05, 3.63) is 189 Å². The van der Waals surface area contributed by atoms with Crippen LogP contribution in [0.2, 0.25) is 0 Å². The molecule has 43 heteroatoms. The minimum atomic E-state index is -1.79. The Labute approximate surface area is 774 Å². The fourth-order valence-corrected chi connectivity index (χ4v) is 15.0. The largest absolute Gasteiger partial charge is 0.478 e. The Morgan fingerprint density at radius 3 is 1.12 bits per heavy atom. The summed E-state index contributed by atoms with van der Waals surface area (Å²) in [6.07, 6.45) is -3.21. The summed E-state index contributed by atoms with van der Waals surface area (Å²) in [7, 11) is 4.64. The van der Waals surface area contributed by atoms with Crippen LogP contribution in [-0.4, -0.2) is 303 Å². The van der Waals surface area contributed by atoms with E-state index in [0.717, 1.165) is 64.9 Å². The smallest absolute Gasteiger partial charge is 0.373 e. The van der Waals surface area contributed by atoms with Crippen molar-refractivity contribution in [2.24, 2.45) is 10.7 Å². The highest BCUT2D eigenvalue weighted by Crippen LogP contribution is 2.31. The molecule has 13 rings (SSSR count). The van der Waals surface area contributed by atoms with Gasteiger partial charge in [0.15, 0.2) is 35.5 Å². The number of aliphatic imine (C=N–C) groups is 1. The number of nitrogens with two attached hydrogens (primary N) is 2. The molecule has 6 atom stereocenters. The second kappa shape index (κ2) is 49.8. The first-order valence-corrected chi connectivity index (χ1v) is 42.2. The standard InChI is InChI=1S/C30H33N7O7.C30H33N5O7.C22H27N3O8.C8H8N2.2CO2/c1-17(38)44-24(28(40)33-19-8-9-21-22(15-19)27(32)34-26(21)31)25-30(42)37(12-13-43-25)20-7-5-6-18(14-20)29(41)35(2)16-23(39)36-10-3-4-11-36;1-19-16-22(10-11-24(19)31-3)32-28(38)26(42-20(2)36)27-30(40)35(14-15-41-27)23-9-7-8-21(17-23)29(39)33(4)18-25(37)34-12-5-6-13-34;1-14(26)33-19(22(30)31)18-21(29)25(10-11-32-18)16-7-5-6-15(12-16)20(28)23(2)13-17(27)24-8-3-4-9-24;1-6-5-7(9)3-4-8(6)10-2;2*2-1-3/h5-9,14-15,24-25H,3-4,10-13,16H2,1-2H3,(H,33,40)(H3,31,32,34);7-11,16-17,26-27H,5-6,12-15,18H2,1-2,4H3,(H,32,38);5-7,12,18-19H,3-4,8-11,13H2,1-2H3,(H,30,31);3-5H,9H2,1H3;;/t24-,25-;26-,27-;18-,19-;;;/m111.../s1. The number of hydrogen-bond acceptors (Lipinski definition) is 28. The number of fused-ring (bicyclic) bond motifs is 1. The van der Waals surface area contributed by atoms with Crippen LogP contribution in [0.1, 0.15) is 113 Å². The van der Waals surface area contributed by atoms with E-state index in [1.807, 2.05) is 6.92 Å². The van der Waals surface area contributed by atoms with Crippen LogP contribution in [0.3, 0.4) is 0 Å². The third-order valence-electron chi connectivity index (χ3n) is 21.6. The number of esters is 3. The maximum Gasteiger partial charge on any atom is 0.373 e. The van der Waals surface area contributed by atoms with E-state index in [9.17, 15) is 77.0 Å². The van der Waals surface area contributed by atoms with Crippen LogP contribution in [0.25, 0.3) is 9.69 Å². The van der Waals surface area contributed by atoms with E-state index >= 15 is 0 Å². The summed E-state index contributed by atoms with van der Waals surface area (Å²) in [4.78, 5) is 246. The predicted molar refractivity (Wildman–Crippen MR) is 479 cm³/mol. The Hall–Kier alpha value is -16.1. The lowest BCUT2D eigenvalue weighted by molar-refractivity contribution is -0.193. The van der Waals surface area contributed by atoms with Crippen LogP contribution in [0.5, 0.6) is 0 Å². The van der Waals surface area contributed by atoms with Crippen molar-refractivity contribution < 1.29 is 125 Å². The van der Waals surface area contributed by atoms with Crippen LogP contribution < -0.4 is 36.8 Å². The second-order valence-electron chi connectivity index (χ2n) is 31.2. The number of morpholine rings is 3. The number of nitrogens with one attached hydrogen (secondary N) is 3. The Morgan fingerprint density at radius 1 is 0.474 bits per heavy atom. The molecule has 6 aromatic carbocycles. The van der Waals surface area contributed by atoms with Crippen molar-refractivity contribution in [1.29, 1.82) is 5.41 Å². The van der Waals surface area contributed by atoms with E-state index in [1.165, 1.54) is 60.7 Å². The van der Waals surface area contributed by atoms with Crippen molar-refractivity contribution in [1.82, 2.24) is 29.4 Å². The molecule has 0 unspecified atom stereocenters. The molecule has 11 amide bonds. The summed E-state index contributed by atoms with van der Waals surface area (Å²) in [6.45, 7) is 25.3. The fraction of sp³-hybridized carbons (Fsp3) is 0.380. The quantitative estimate of drug-likeness (QED) is 0.0224. The molecular formula is C92H101N17O26. The number of nitrogens with zero attached hydrogens (tertiary/aromatic N) is 12. The number of hydrogen-bond donors (Lipinski definition) is 6. The zero-order chi connectivity index (χ0) is 99.0. The lowest BCUT2D eigenvalue weighted by atomic mass is 10.1. The number of amidine groups is 2. The number of likely N-dealkylation sites (tertiary alicyclic amines) is 3. The second-order valence-corrected chi connectivity index (χ2v) is 31.2. The van der Waals surface area contributed by atoms with Gasteiger partial charge in [-0.25, -0.2) is 19.5 Å². The highest BCUT2D eigenvalue weighted by atomic mass is 16.6. The van der Waals surface area contributed by atoms with Crippen LogP contribution in [-0.2, 0) is 105 Å². The minimum Gasteiger partial charge on any atom is -0.478 e. The van der Waals surface area contributed by atoms with E-state index in [4.69, 9.17) is 77.6 Å². The molecule has 0 saturated carbocycles. The lowest BCUT2D eigenvalue weighted by Crippen LogP contribution is -2.56. The Balaban J connectivity index is 0.000000231. The number of carboxylic acid groups (broad SMARTS) is 1. The van der Waals surface area contributed by atoms with Gasteiger partial charge in [-0.3, -0.25) is 72.5 Å². The number of rotatable bonds is 23. The van der Waals surface area contributed by atoms with Gasteiger partial charge in [0.2, 0.25) is 36.0 Å². The number of aliphatic carboxylic acids is 1. The first kappa shape index (κ1) is 104. The zero-order valence-corrected chi connectivity index (χ0v) is 75.1. The van der Waals surface area contributed by atoms with Gasteiger partial charge in [0, 0.05) is 163 Å². The topological polar surface area (TPSA) is 550 Å². The van der Waals surface area contributed by atoms with Gasteiger partial charge in [0.1, 0.15) is 5.84 Å². The van der Waals surface area contributed by atoms with Crippen molar-refractivity contribution in [3.63, 3.8) is 0 Å². The van der Waals surface area contributed by atoms with Crippen LogP contribution >= 0.6 is 0 Å². The molecule has 0 bridgehead atoms. The van der Waals surface area contributed by atoms with E-state index in [2.05, 4.69) is 25.3 Å². The van der Waals surface area contributed by atoms with E-state index < -0.39 is 90.0 Å². The molecule has 6 aromatic rings. The first-order valence-electron chi connectivity index (χ1n) is 42.2. The molecule has 7 aliphatic heterocycles. The molecule has 43 nitrogen and oxygen atoms in total. The highest BCUT2D eigenvalue weighted by molar-refractivity contribution is 6.21. The number of carbonyl (C=O) groups is 15. The predicted octanol–water partition coefficient (Wildman–Crippen LogP) is 4.36. The molecule has 8 N–H and O–H groups in total. The maximum atomic E-state index is 13.7. The van der Waals surface area contributed by atoms with Gasteiger partial charge in [-0.2, -0.15) is 19.2 Å². The summed E-state index contributed by atoms with van der Waals surface area (Å²) in [5, 5.41) is 22.6. The van der Waals surface area contributed by atoms with Crippen LogP contribution in [0.15, 0.2) is 132 Å². The Kier molecular flexibility index (Phi) is 38.5. The number of benzene rings is 6. The van der Waals surface area contributed by atoms with Gasteiger partial charge in [-0.15, -0.1) is 0 Å². The van der Waals surface area contributed by atoms with E-state index in [1.54, 1.807) is 139 Å². The lowest BCUT2D eigenvalue weighted by Gasteiger charge is -2.35. The van der Waals surface area contributed by atoms with E-state index in [-0.39, 0.29) is 141 Å². The normalized spacial score (nSPS) is 16.8. The van der Waals surface area contributed by atoms with Crippen LogP contribution in [0, 0.1) is 32.4 Å². The molecule has 6 fully saturated rings. The van der Waals surface area contributed by atoms with Crippen LogP contribution in [0.4, 0.5) is 45.5 Å². The zero-order valence-electron chi connectivity index (χ0n) is 75.1. The molecule has 710 valence electrons. The molecule has 135 heavy (non-hydrogen) atoms. The third kappa shape index (κ3) is 28.5. The number of carbonyl (C=O) groups excluding carboxylic acids is 18. The summed E-state index contributed by atoms with van der Waals surface area (Å²) in [6, 6.07) is 33.7. The number of anilines is 6. The molecule has 0 aliphatic carbocycles. The molecular weight excluding hydrogens is 1760 g/mol. The number of amides is 11. The first-order chi connectivity index (χ1) is 64.4. The van der Waals surface area contributed by atoms with Gasteiger partial charge in [0.25, 0.3) is 47.3 Å². The average Bonchev–Trinajstić information content (AvgIpc) is 1.29. The van der Waals surface area contributed by atoms with Gasteiger partial charge in [-0.1, -0.05) is 30.3 Å². The average molecular weight is 1860 g/mol. The minimum absolute atomic E-state index is 0.0177. The van der Waals surface area contributed by atoms with E-state index in [0.29, 0.717) is 95.8 Å². The molecule has 6 saturated heterocycles. The van der Waals surface area contributed by atoms with Crippen molar-refractivity contribution >= 4 is 158 Å². The molecule has 0 radical (unpaired) electrons. The fourth-order valence-electron chi connectivity index (χ4n) is 15.0. The van der Waals surface area contributed by atoms with Crippen molar-refractivity contribution in [2.45, 2.75) is 110 Å². The van der Waals surface area contributed by atoms with Gasteiger partial charge in [-0.05, 0) is 161 Å². The molecule has 0 aromatic heterocycles. The number of carboxylic acids is 1. The SMILES string of the molecule is CC(=O)O[C@@H](C(=O)Nc1ccc2c(c1)C(=N)N=C2N)[C@H]1OCCN(c2cccc(C(=O)N(C)CC(=O)N3CCCC3)c2)C1=O.CC(=O)O[C@@H](C(=O)O)[C@H]1OCCN(c2cccc(C(=O)N(C)CC(=O)N3CCCC3)c2)C1=O.O=C=O.O=C=O.[C-]#[N+]c1ccc(N)cc1C.[C-]#[N+]c1ccc(NC(=O)[C@H](OC(C)=O)[C@H]2OCCN(c3cccc(C(=O)N(C)CC(=O)N4CCCC4)c3)C2=O)cc1C. The highest BCUT2D eigenvalue weighted by Gasteiger charge is 2.47. The Morgan fingerprint density at radius 2 is 0.793 bits per heavy atom. The van der Waals surface area contributed by atoms with Crippen molar-refractivity contribution in [3.8, 4) is 0 Å². The number of aryl methyl sites for hydroxylation is 2. The molecule has 7 heterocycles. The van der Waals surface area contributed by atoms with Gasteiger partial charge < -0.3 is 99.7 Å². The number of nitrogen functional groups attached to an aromatic ring is 1. The monoisotopic (exact) mass is 1860 g/mol. The summed E-state index contributed by atoms with van der Waals surface area (Å²) < 4.78 is 31.9. The summed E-state index contributed by atoms with van der Waals surface area (Å²) in [5.74, 6) is -8.83. The number of likely N-dealkylation sites (N-methyl/N-ethyl adjacent to an activating group) is 3. The number of ether oxygens (including phenoxy) is 6. The maximum absolute atomic E-state index is 13.7. The molecule has 7 aliphatic rings. The third-order valence-corrected chi connectivity index (χ3v) is 21.6. The van der Waals surface area contributed by atoms with Gasteiger partial charge in [0.05, 0.1) is 52.6 Å². The summed E-state index contributed by atoms with van der Waals surface area (Å²) >= 11 is 0. The summed E-state index contributed by atoms with van der Waals surface area (Å²) in [5.41, 5.74) is 18.3. The van der Waals surface area contributed by atoms with Crippen molar-refractivity contribution in [2.75, 3.05) is 151 Å². The molecule has 0 spiro atoms.